The number of hydrogen-bond acceptors (Lipinski definition) is 2. The summed E-state index contributed by atoms with van der Waals surface area (Å²) >= 11 is 11.9. The zero-order chi connectivity index (χ0) is 20.4. The van der Waals surface area contributed by atoms with Crippen LogP contribution in [0, 0.1) is 17.5 Å². The molecule has 0 bridgehead atoms. The number of aromatic nitrogens is 3. The molecule has 3 nitrogen and oxygen atoms in total. The maximum atomic E-state index is 13.8. The summed E-state index contributed by atoms with van der Waals surface area (Å²) in [5.74, 6) is -0.241. The van der Waals surface area contributed by atoms with Gasteiger partial charge in [0.1, 0.15) is 5.82 Å². The molecule has 0 N–H and O–H groups in total. The van der Waals surface area contributed by atoms with E-state index in [-0.39, 0.29) is 5.82 Å². The van der Waals surface area contributed by atoms with Gasteiger partial charge in [0, 0.05) is 35.2 Å². The molecule has 0 unspecified atom stereocenters. The van der Waals surface area contributed by atoms with Gasteiger partial charge >= 0.3 is 0 Å². The summed E-state index contributed by atoms with van der Waals surface area (Å²) in [5, 5.41) is 0.663. The molecule has 0 saturated carbocycles. The highest BCUT2D eigenvalue weighted by Crippen LogP contribution is 2.22. The standard InChI is InChI=1S/C23H19ClFN3S/c1-16-5-8-19(25)12-17(16)13-22-15-27(14-20-4-2-3-11-26-20)23(29)28(22)21-9-6-18(24)7-10-21/h2-12,15H,13-14H2,1H3. The van der Waals surface area contributed by atoms with Crippen molar-refractivity contribution in [3.8, 4) is 5.69 Å². The van der Waals surface area contributed by atoms with Crippen molar-refractivity contribution in [2.45, 2.75) is 19.9 Å². The number of rotatable bonds is 5. The summed E-state index contributed by atoms with van der Waals surface area (Å²) in [5.41, 5.74) is 4.78. The molecule has 4 rings (SSSR count). The monoisotopic (exact) mass is 423 g/mol. The Kier molecular flexibility index (Phi) is 5.60. The van der Waals surface area contributed by atoms with Crippen LogP contribution in [0.4, 0.5) is 4.39 Å². The summed E-state index contributed by atoms with van der Waals surface area (Å²) in [4.78, 5) is 4.40. The number of nitrogens with zero attached hydrogens (tertiary/aromatic N) is 3. The minimum absolute atomic E-state index is 0.241. The van der Waals surface area contributed by atoms with Gasteiger partial charge in [0.05, 0.1) is 12.2 Å². The quantitative estimate of drug-likeness (QED) is 0.359. The highest BCUT2D eigenvalue weighted by Gasteiger charge is 2.13. The first-order chi connectivity index (χ1) is 14.0. The van der Waals surface area contributed by atoms with Crippen LogP contribution in [0.2, 0.25) is 5.02 Å². The van der Waals surface area contributed by atoms with Crippen LogP contribution in [-0.4, -0.2) is 14.1 Å². The Bertz CT molecular complexity index is 1200. The number of hydrogen-bond donors (Lipinski definition) is 0. The molecular formula is C23H19ClFN3S. The van der Waals surface area contributed by atoms with Gasteiger partial charge in [-0.25, -0.2) is 4.39 Å². The lowest BCUT2D eigenvalue weighted by Gasteiger charge is -2.10. The first kappa shape index (κ1) is 19.6. The van der Waals surface area contributed by atoms with E-state index in [0.717, 1.165) is 28.2 Å². The van der Waals surface area contributed by atoms with E-state index in [9.17, 15) is 4.39 Å². The van der Waals surface area contributed by atoms with Crippen LogP contribution in [0.3, 0.4) is 0 Å². The van der Waals surface area contributed by atoms with Gasteiger partial charge < -0.3 is 4.57 Å². The molecule has 0 radical (unpaired) electrons. The third kappa shape index (κ3) is 4.31. The third-order valence-electron chi connectivity index (χ3n) is 4.86. The van der Waals surface area contributed by atoms with Crippen LogP contribution in [0.5, 0.6) is 0 Å². The van der Waals surface area contributed by atoms with Gasteiger partial charge in [0.15, 0.2) is 4.77 Å². The van der Waals surface area contributed by atoms with Crippen LogP contribution in [0.1, 0.15) is 22.5 Å². The predicted octanol–water partition coefficient (Wildman–Crippen LogP) is 6.14. The van der Waals surface area contributed by atoms with E-state index in [1.807, 2.05) is 64.7 Å². The third-order valence-corrected chi connectivity index (χ3v) is 5.52. The van der Waals surface area contributed by atoms with Gasteiger partial charge in [-0.3, -0.25) is 9.55 Å². The number of aryl methyl sites for hydroxylation is 1. The molecule has 29 heavy (non-hydrogen) atoms. The van der Waals surface area contributed by atoms with E-state index in [4.69, 9.17) is 23.8 Å². The molecule has 2 heterocycles. The molecule has 2 aromatic carbocycles. The van der Waals surface area contributed by atoms with E-state index in [1.54, 1.807) is 18.3 Å². The number of pyridine rings is 1. The maximum absolute atomic E-state index is 13.8. The lowest BCUT2D eigenvalue weighted by Crippen LogP contribution is -2.04. The van der Waals surface area contributed by atoms with Crippen LogP contribution in [0.25, 0.3) is 5.69 Å². The Labute approximate surface area is 179 Å². The summed E-state index contributed by atoms with van der Waals surface area (Å²) in [6.45, 7) is 2.55. The minimum atomic E-state index is -0.241. The van der Waals surface area contributed by atoms with Crippen molar-refractivity contribution in [3.05, 3.63) is 111 Å². The van der Waals surface area contributed by atoms with Crippen molar-refractivity contribution in [1.82, 2.24) is 14.1 Å². The average molecular weight is 424 g/mol. The van der Waals surface area contributed by atoms with Gasteiger partial charge in [-0.2, -0.15) is 0 Å². The highest BCUT2D eigenvalue weighted by atomic mass is 35.5. The second kappa shape index (κ2) is 8.31. The molecule has 6 heteroatoms. The summed E-state index contributed by atoms with van der Waals surface area (Å²) in [7, 11) is 0. The molecule has 4 aromatic rings. The molecule has 0 aliphatic carbocycles. The molecular weight excluding hydrogens is 405 g/mol. The van der Waals surface area contributed by atoms with E-state index in [0.29, 0.717) is 22.8 Å². The van der Waals surface area contributed by atoms with Crippen molar-refractivity contribution < 1.29 is 4.39 Å². The van der Waals surface area contributed by atoms with Crippen molar-refractivity contribution in [2.75, 3.05) is 0 Å². The van der Waals surface area contributed by atoms with Gasteiger partial charge in [0.25, 0.3) is 0 Å². The van der Waals surface area contributed by atoms with E-state index in [2.05, 4.69) is 4.98 Å². The van der Waals surface area contributed by atoms with Gasteiger partial charge in [0.2, 0.25) is 0 Å². The number of imidazole rings is 1. The van der Waals surface area contributed by atoms with Crippen molar-refractivity contribution in [2.24, 2.45) is 0 Å². The Morgan fingerprint density at radius 1 is 1.07 bits per heavy atom. The summed E-state index contributed by atoms with van der Waals surface area (Å²) in [6.07, 6.45) is 4.35. The molecule has 0 fully saturated rings. The molecule has 0 aliphatic heterocycles. The largest absolute Gasteiger partial charge is 0.317 e. The average Bonchev–Trinajstić information content (AvgIpc) is 3.01. The van der Waals surface area contributed by atoms with E-state index in [1.165, 1.54) is 6.07 Å². The van der Waals surface area contributed by atoms with Crippen molar-refractivity contribution in [1.29, 1.82) is 0 Å². The molecule has 2 aromatic heterocycles. The molecule has 0 atom stereocenters. The number of benzene rings is 2. The lowest BCUT2D eigenvalue weighted by atomic mass is 10.0. The van der Waals surface area contributed by atoms with Crippen LogP contribution < -0.4 is 0 Å². The van der Waals surface area contributed by atoms with Gasteiger partial charge in [-0.05, 0) is 78.8 Å². The molecule has 146 valence electrons. The van der Waals surface area contributed by atoms with Crippen molar-refractivity contribution >= 4 is 23.8 Å². The summed E-state index contributed by atoms with van der Waals surface area (Å²) in [6, 6.07) is 18.2. The van der Waals surface area contributed by atoms with E-state index < -0.39 is 0 Å². The molecule has 0 aliphatic rings. The second-order valence-corrected chi connectivity index (χ2v) is 7.71. The number of halogens is 2. The van der Waals surface area contributed by atoms with Gasteiger partial charge in [-0.1, -0.05) is 23.7 Å². The second-order valence-electron chi connectivity index (χ2n) is 6.91. The van der Waals surface area contributed by atoms with Crippen LogP contribution in [0.15, 0.2) is 73.1 Å². The minimum Gasteiger partial charge on any atom is -0.317 e. The topological polar surface area (TPSA) is 22.8 Å². The SMILES string of the molecule is Cc1ccc(F)cc1Cc1cn(Cc2ccccn2)c(=S)n1-c1ccc(Cl)cc1. The van der Waals surface area contributed by atoms with Crippen LogP contribution in [-0.2, 0) is 13.0 Å². The Balaban J connectivity index is 1.81. The molecule has 0 saturated heterocycles. The Hall–Kier alpha value is -2.76. The van der Waals surface area contributed by atoms with Crippen LogP contribution >= 0.6 is 23.8 Å². The van der Waals surface area contributed by atoms with Gasteiger partial charge in [-0.15, -0.1) is 0 Å². The fraction of sp³-hybridized carbons (Fsp3) is 0.130. The normalized spacial score (nSPS) is 11.0. The highest BCUT2D eigenvalue weighted by molar-refractivity contribution is 7.71. The predicted molar refractivity (Wildman–Crippen MR) is 117 cm³/mol. The van der Waals surface area contributed by atoms with E-state index >= 15 is 0 Å². The fourth-order valence-corrected chi connectivity index (χ4v) is 3.81. The zero-order valence-corrected chi connectivity index (χ0v) is 17.4. The Morgan fingerprint density at radius 2 is 1.86 bits per heavy atom. The smallest absolute Gasteiger partial charge is 0.185 e. The zero-order valence-electron chi connectivity index (χ0n) is 15.8. The maximum Gasteiger partial charge on any atom is 0.185 e. The Morgan fingerprint density at radius 3 is 2.59 bits per heavy atom. The fourth-order valence-electron chi connectivity index (χ4n) is 3.34. The summed E-state index contributed by atoms with van der Waals surface area (Å²) < 4.78 is 18.5. The lowest BCUT2D eigenvalue weighted by molar-refractivity contribution is 0.625. The molecule has 0 amide bonds. The first-order valence-electron chi connectivity index (χ1n) is 9.23. The first-order valence-corrected chi connectivity index (χ1v) is 10.0. The van der Waals surface area contributed by atoms with Crippen molar-refractivity contribution in [3.63, 3.8) is 0 Å². The molecule has 0 spiro atoms.